The predicted octanol–water partition coefficient (Wildman–Crippen LogP) is 3.10. The van der Waals surface area contributed by atoms with Crippen LogP contribution in [0.25, 0.3) is 0 Å². The molecule has 2 aromatic rings. The first-order valence-corrected chi connectivity index (χ1v) is 7.43. The molecular weight excluding hydrogens is 262 g/mol. The molecule has 0 bridgehead atoms. The van der Waals surface area contributed by atoms with Crippen LogP contribution in [0.1, 0.15) is 31.2 Å². The van der Waals surface area contributed by atoms with Gasteiger partial charge < -0.3 is 4.74 Å². The maximum Gasteiger partial charge on any atom is 0.313 e. The number of hydrogen-bond acceptors (Lipinski definition) is 2. The minimum Gasteiger partial charge on any atom is -0.465 e. The molecule has 0 spiro atoms. The van der Waals surface area contributed by atoms with Crippen molar-refractivity contribution >= 4 is 5.97 Å². The van der Waals surface area contributed by atoms with Crippen molar-refractivity contribution < 1.29 is 14.1 Å². The summed E-state index contributed by atoms with van der Waals surface area (Å²) < 4.78 is 7.48. The highest BCUT2D eigenvalue weighted by molar-refractivity contribution is 5.77. The molecule has 0 aliphatic heterocycles. The van der Waals surface area contributed by atoms with Crippen LogP contribution in [0.3, 0.4) is 0 Å². The Bertz CT molecular complexity index is 540. The number of pyridine rings is 1. The highest BCUT2D eigenvalue weighted by Gasteiger charge is 2.15. The molecule has 3 heteroatoms. The Kier molecular flexibility index (Phi) is 5.95. The lowest BCUT2D eigenvalue weighted by atomic mass is 10.0. The number of aromatic nitrogens is 1. The van der Waals surface area contributed by atoms with Gasteiger partial charge >= 0.3 is 5.97 Å². The average molecular weight is 284 g/mol. The number of carbonyl (C=O) groups excluding carboxylic acids is 1. The number of unbranched alkanes of at least 4 members (excludes halogenated alkanes) is 1. The van der Waals surface area contributed by atoms with Crippen molar-refractivity contribution in [1.29, 1.82) is 0 Å². The van der Waals surface area contributed by atoms with Crippen LogP contribution in [0.5, 0.6) is 0 Å². The summed E-state index contributed by atoms with van der Waals surface area (Å²) in [7, 11) is 0. The number of nitrogens with zero attached hydrogens (tertiary/aromatic N) is 1. The van der Waals surface area contributed by atoms with Gasteiger partial charge in [0.2, 0.25) is 0 Å². The number of hydrogen-bond donors (Lipinski definition) is 0. The number of aryl methyl sites for hydroxylation is 1. The summed E-state index contributed by atoms with van der Waals surface area (Å²) in [5.41, 5.74) is 1.00. The smallest absolute Gasteiger partial charge is 0.313 e. The second-order valence-corrected chi connectivity index (χ2v) is 5.12. The van der Waals surface area contributed by atoms with Crippen molar-refractivity contribution in [1.82, 2.24) is 0 Å². The molecule has 0 saturated heterocycles. The van der Waals surface area contributed by atoms with Gasteiger partial charge in [-0.25, -0.2) is 4.57 Å². The molecule has 1 aromatic heterocycles. The van der Waals surface area contributed by atoms with Gasteiger partial charge in [-0.2, -0.15) is 0 Å². The maximum atomic E-state index is 11.9. The second kappa shape index (κ2) is 8.20. The van der Waals surface area contributed by atoms with E-state index in [1.54, 1.807) is 0 Å². The molecule has 0 saturated carbocycles. The van der Waals surface area contributed by atoms with E-state index in [4.69, 9.17) is 4.74 Å². The molecule has 0 radical (unpaired) electrons. The molecule has 21 heavy (non-hydrogen) atoms. The van der Waals surface area contributed by atoms with Gasteiger partial charge in [0.1, 0.15) is 6.54 Å². The van der Waals surface area contributed by atoms with E-state index in [-0.39, 0.29) is 11.9 Å². The van der Waals surface area contributed by atoms with Crippen LogP contribution in [-0.2, 0) is 16.1 Å². The number of carbonyl (C=O) groups is 1. The Morgan fingerprint density at radius 1 is 1.05 bits per heavy atom. The van der Waals surface area contributed by atoms with Gasteiger partial charge in [0.25, 0.3) is 0 Å². The molecular formula is C18H22NO2+. The van der Waals surface area contributed by atoms with Gasteiger partial charge in [0.05, 0.1) is 12.5 Å². The van der Waals surface area contributed by atoms with Gasteiger partial charge in [0.15, 0.2) is 12.4 Å². The molecule has 0 fully saturated rings. The fourth-order valence-corrected chi connectivity index (χ4v) is 2.16. The Morgan fingerprint density at radius 3 is 2.43 bits per heavy atom. The highest BCUT2D eigenvalue weighted by atomic mass is 16.5. The van der Waals surface area contributed by atoms with E-state index < -0.39 is 0 Å². The summed E-state index contributed by atoms with van der Waals surface area (Å²) in [5.74, 6) is -0.344. The van der Waals surface area contributed by atoms with Crippen LogP contribution in [-0.4, -0.2) is 12.6 Å². The molecule has 0 aliphatic carbocycles. The molecule has 0 amide bonds. The summed E-state index contributed by atoms with van der Waals surface area (Å²) in [6.07, 6.45) is 5.98. The zero-order valence-electron chi connectivity index (χ0n) is 12.4. The lowest BCUT2D eigenvalue weighted by Crippen LogP contribution is -2.32. The van der Waals surface area contributed by atoms with Gasteiger partial charge in [0, 0.05) is 18.6 Å². The van der Waals surface area contributed by atoms with Crippen LogP contribution in [0.15, 0.2) is 60.9 Å². The van der Waals surface area contributed by atoms with E-state index in [1.807, 2.05) is 67.8 Å². The number of ether oxygens (including phenoxy) is 1. The highest BCUT2D eigenvalue weighted by Crippen LogP contribution is 2.16. The Balaban J connectivity index is 1.65. The van der Waals surface area contributed by atoms with Crippen molar-refractivity contribution in [3.8, 4) is 0 Å². The first-order chi connectivity index (χ1) is 10.3. The van der Waals surface area contributed by atoms with Crippen molar-refractivity contribution in [3.05, 3.63) is 66.5 Å². The number of rotatable bonds is 7. The van der Waals surface area contributed by atoms with Crippen LogP contribution < -0.4 is 4.57 Å². The molecule has 0 N–H and O–H groups in total. The third-order valence-electron chi connectivity index (χ3n) is 3.49. The van der Waals surface area contributed by atoms with E-state index in [1.165, 1.54) is 0 Å². The van der Waals surface area contributed by atoms with Crippen molar-refractivity contribution in [2.24, 2.45) is 0 Å². The maximum absolute atomic E-state index is 11.9. The topological polar surface area (TPSA) is 30.2 Å². The molecule has 1 heterocycles. The fourth-order valence-electron chi connectivity index (χ4n) is 2.16. The van der Waals surface area contributed by atoms with Crippen molar-refractivity contribution in [3.63, 3.8) is 0 Å². The Morgan fingerprint density at radius 2 is 1.71 bits per heavy atom. The number of esters is 1. The fraction of sp³-hybridized carbons (Fsp3) is 0.333. The van der Waals surface area contributed by atoms with Crippen LogP contribution in [0.4, 0.5) is 0 Å². The van der Waals surface area contributed by atoms with Crippen molar-refractivity contribution in [2.45, 2.75) is 32.2 Å². The van der Waals surface area contributed by atoms with Gasteiger partial charge in [-0.15, -0.1) is 0 Å². The van der Waals surface area contributed by atoms with Crippen LogP contribution >= 0.6 is 0 Å². The van der Waals surface area contributed by atoms with Crippen molar-refractivity contribution in [2.75, 3.05) is 6.61 Å². The molecule has 1 atom stereocenters. The van der Waals surface area contributed by atoms with E-state index in [2.05, 4.69) is 4.57 Å². The van der Waals surface area contributed by atoms with Gasteiger partial charge in [-0.05, 0) is 18.9 Å². The van der Waals surface area contributed by atoms with E-state index in [0.29, 0.717) is 6.61 Å². The Hall–Kier alpha value is -2.16. The third kappa shape index (κ3) is 5.03. The largest absolute Gasteiger partial charge is 0.465 e. The van der Waals surface area contributed by atoms with E-state index >= 15 is 0 Å². The molecule has 0 unspecified atom stereocenters. The SMILES string of the molecule is C[C@@H](C(=O)OCCCC[n+]1ccccc1)c1ccccc1. The second-order valence-electron chi connectivity index (χ2n) is 5.12. The summed E-state index contributed by atoms with van der Waals surface area (Å²) >= 11 is 0. The first-order valence-electron chi connectivity index (χ1n) is 7.43. The Labute approximate surface area is 126 Å². The molecule has 0 aliphatic rings. The third-order valence-corrected chi connectivity index (χ3v) is 3.49. The minimum absolute atomic E-state index is 0.145. The van der Waals surface area contributed by atoms with Crippen LogP contribution in [0.2, 0.25) is 0 Å². The molecule has 110 valence electrons. The normalized spacial score (nSPS) is 11.9. The quantitative estimate of drug-likeness (QED) is 0.444. The lowest BCUT2D eigenvalue weighted by molar-refractivity contribution is -0.697. The average Bonchev–Trinajstić information content (AvgIpc) is 2.55. The van der Waals surface area contributed by atoms with Crippen LogP contribution in [0, 0.1) is 0 Å². The molecule has 3 nitrogen and oxygen atoms in total. The summed E-state index contributed by atoms with van der Waals surface area (Å²) in [5, 5.41) is 0. The first kappa shape index (κ1) is 15.2. The van der Waals surface area contributed by atoms with E-state index in [0.717, 1.165) is 24.9 Å². The summed E-state index contributed by atoms with van der Waals surface area (Å²) in [6, 6.07) is 15.8. The standard InChI is InChI=1S/C18H22NO2/c1-16(17-10-4-2-5-11-17)18(20)21-15-9-8-14-19-12-6-3-7-13-19/h2-7,10-13,16H,8-9,14-15H2,1H3/q+1/t16-/m1/s1. The van der Waals surface area contributed by atoms with Gasteiger partial charge in [-0.3, -0.25) is 4.79 Å². The zero-order valence-corrected chi connectivity index (χ0v) is 12.4. The summed E-state index contributed by atoms with van der Waals surface area (Å²) in [4.78, 5) is 11.9. The minimum atomic E-state index is -0.199. The molecule has 1 aromatic carbocycles. The molecule has 2 rings (SSSR count). The lowest BCUT2D eigenvalue weighted by Gasteiger charge is -2.11. The predicted molar refractivity (Wildman–Crippen MR) is 81.7 cm³/mol. The summed E-state index contributed by atoms with van der Waals surface area (Å²) in [6.45, 7) is 3.33. The number of benzene rings is 1. The monoisotopic (exact) mass is 284 g/mol. The van der Waals surface area contributed by atoms with Gasteiger partial charge in [-0.1, -0.05) is 36.4 Å². The van der Waals surface area contributed by atoms with E-state index in [9.17, 15) is 4.79 Å². The zero-order chi connectivity index (χ0) is 14.9.